The van der Waals surface area contributed by atoms with Crippen molar-refractivity contribution in [1.29, 1.82) is 0 Å². The molecule has 2 aliphatic rings. The van der Waals surface area contributed by atoms with Gasteiger partial charge < -0.3 is 4.90 Å². The molecule has 0 aromatic heterocycles. The van der Waals surface area contributed by atoms with E-state index in [-0.39, 0.29) is 31.2 Å². The average Bonchev–Trinajstić information content (AvgIpc) is 3.21. The van der Waals surface area contributed by atoms with Gasteiger partial charge in [-0.3, -0.25) is 14.6 Å². The Morgan fingerprint density at radius 2 is 1.61 bits per heavy atom. The summed E-state index contributed by atoms with van der Waals surface area (Å²) in [5, 5.41) is 0. The molecule has 11 heteroatoms. The SMILES string of the molecule is CCCN1C(=O)C2=NC(c3ccccc3)=NC2(S(=O)(=O)N(C)CCN(C)C)N(CCC)C1=O. The van der Waals surface area contributed by atoms with E-state index in [1.807, 2.05) is 38.9 Å². The molecule has 0 saturated carbocycles. The van der Waals surface area contributed by atoms with Crippen LogP contribution < -0.4 is 0 Å². The lowest BCUT2D eigenvalue weighted by Crippen LogP contribution is -2.72. The zero-order valence-corrected chi connectivity index (χ0v) is 20.7. The minimum absolute atomic E-state index is 0.109. The van der Waals surface area contributed by atoms with Crippen LogP contribution in [0.5, 0.6) is 0 Å². The minimum Gasteiger partial charge on any atom is -0.308 e. The number of rotatable bonds is 10. The van der Waals surface area contributed by atoms with Gasteiger partial charge in [0.15, 0.2) is 11.5 Å². The summed E-state index contributed by atoms with van der Waals surface area (Å²) in [5.41, 5.74) is 0.322. The molecule has 1 aromatic carbocycles. The molecule has 1 aromatic rings. The fraction of sp³-hybridized carbons (Fsp3) is 0.545. The van der Waals surface area contributed by atoms with E-state index in [1.54, 1.807) is 24.3 Å². The Bertz CT molecular complexity index is 1070. The van der Waals surface area contributed by atoms with Crippen molar-refractivity contribution in [2.75, 3.05) is 47.3 Å². The third-order valence-electron chi connectivity index (χ3n) is 5.62. The molecule has 180 valence electrons. The summed E-state index contributed by atoms with van der Waals surface area (Å²) in [6.45, 7) is 4.60. The molecule has 0 spiro atoms. The van der Waals surface area contributed by atoms with E-state index in [0.717, 1.165) is 4.90 Å². The highest BCUT2D eigenvalue weighted by molar-refractivity contribution is 7.91. The highest BCUT2D eigenvalue weighted by Crippen LogP contribution is 2.39. The molecule has 1 fully saturated rings. The first-order valence-corrected chi connectivity index (χ1v) is 12.5. The molecule has 0 N–H and O–H groups in total. The molecule has 10 nitrogen and oxygen atoms in total. The molecule has 3 rings (SSSR count). The standard InChI is InChI=1S/C22H32N6O4S/c1-6-13-27-20(29)18-22(28(14-7-2)21(27)30,33(31,32)26(5)16-15-25(3)4)24-19(23-18)17-11-9-8-10-12-17/h8-12H,6-7,13-16H2,1-5H3. The van der Waals surface area contributed by atoms with Crippen LogP contribution in [0.2, 0.25) is 0 Å². The maximum atomic E-state index is 14.1. The summed E-state index contributed by atoms with van der Waals surface area (Å²) < 4.78 is 29.3. The van der Waals surface area contributed by atoms with E-state index in [4.69, 9.17) is 0 Å². The highest BCUT2D eigenvalue weighted by Gasteiger charge is 2.66. The van der Waals surface area contributed by atoms with Gasteiger partial charge in [-0.1, -0.05) is 44.2 Å². The number of imide groups is 1. The van der Waals surface area contributed by atoms with Gasteiger partial charge >= 0.3 is 11.0 Å². The predicted octanol–water partition coefficient (Wildman–Crippen LogP) is 1.45. The van der Waals surface area contributed by atoms with Gasteiger partial charge in [0.2, 0.25) is 0 Å². The largest absolute Gasteiger partial charge is 0.330 e. The fourth-order valence-corrected chi connectivity index (χ4v) is 5.65. The van der Waals surface area contributed by atoms with Crippen LogP contribution in [-0.2, 0) is 14.8 Å². The highest BCUT2D eigenvalue weighted by atomic mass is 32.2. The van der Waals surface area contributed by atoms with Crippen molar-refractivity contribution in [1.82, 2.24) is 19.0 Å². The number of amidine groups is 1. The molecule has 1 atom stereocenters. The predicted molar refractivity (Wildman–Crippen MR) is 128 cm³/mol. The van der Waals surface area contributed by atoms with Crippen molar-refractivity contribution in [2.24, 2.45) is 9.98 Å². The second kappa shape index (κ2) is 9.70. The van der Waals surface area contributed by atoms with E-state index < -0.39 is 27.0 Å². The van der Waals surface area contributed by atoms with Gasteiger partial charge in [0.25, 0.3) is 15.9 Å². The molecule has 2 heterocycles. The Kier molecular flexibility index (Phi) is 7.35. The number of nitrogens with zero attached hydrogens (tertiary/aromatic N) is 6. The van der Waals surface area contributed by atoms with Crippen molar-refractivity contribution in [3.8, 4) is 0 Å². The number of aliphatic imine (C=N–C) groups is 2. The van der Waals surface area contributed by atoms with Crippen LogP contribution in [0.4, 0.5) is 4.79 Å². The molecule has 0 bridgehead atoms. The van der Waals surface area contributed by atoms with Crippen LogP contribution in [0.1, 0.15) is 32.3 Å². The van der Waals surface area contributed by atoms with Crippen LogP contribution in [0.3, 0.4) is 0 Å². The van der Waals surface area contributed by atoms with Gasteiger partial charge in [-0.05, 0) is 26.9 Å². The van der Waals surface area contributed by atoms with Crippen LogP contribution in [0, 0.1) is 0 Å². The summed E-state index contributed by atoms with van der Waals surface area (Å²) in [4.78, 5) is 37.8. The van der Waals surface area contributed by atoms with Crippen molar-refractivity contribution in [3.63, 3.8) is 0 Å². The number of amides is 3. The number of benzene rings is 1. The molecule has 33 heavy (non-hydrogen) atoms. The number of fused-ring (bicyclic) bond motifs is 1. The fourth-order valence-electron chi connectivity index (χ4n) is 3.87. The summed E-state index contributed by atoms with van der Waals surface area (Å²) in [6.07, 6.45) is 1.03. The number of hydrogen-bond acceptors (Lipinski definition) is 7. The first kappa shape index (κ1) is 25.0. The minimum atomic E-state index is -4.33. The van der Waals surface area contributed by atoms with Crippen molar-refractivity contribution < 1.29 is 18.0 Å². The van der Waals surface area contributed by atoms with Crippen LogP contribution >= 0.6 is 0 Å². The monoisotopic (exact) mass is 476 g/mol. The molecule has 2 aliphatic heterocycles. The van der Waals surface area contributed by atoms with Crippen molar-refractivity contribution in [2.45, 2.75) is 31.7 Å². The Morgan fingerprint density at radius 1 is 0.970 bits per heavy atom. The Hall–Kier alpha value is -2.63. The number of hydrogen-bond donors (Lipinski definition) is 0. The first-order chi connectivity index (χ1) is 15.6. The van der Waals surface area contributed by atoms with Gasteiger partial charge in [0, 0.05) is 38.8 Å². The second-order valence-corrected chi connectivity index (χ2v) is 10.5. The van der Waals surface area contributed by atoms with Gasteiger partial charge in [-0.25, -0.2) is 23.2 Å². The average molecular weight is 477 g/mol. The smallest absolute Gasteiger partial charge is 0.308 e. The second-order valence-electron chi connectivity index (χ2n) is 8.39. The van der Waals surface area contributed by atoms with E-state index >= 15 is 0 Å². The zero-order valence-electron chi connectivity index (χ0n) is 19.9. The number of carbonyl (C=O) groups is 2. The van der Waals surface area contributed by atoms with Gasteiger partial charge in [-0.15, -0.1) is 0 Å². The van der Waals surface area contributed by atoms with Crippen LogP contribution in [0.15, 0.2) is 40.3 Å². The molecule has 1 unspecified atom stereocenters. The zero-order chi connectivity index (χ0) is 24.4. The molecule has 3 amide bonds. The molecule has 0 aliphatic carbocycles. The summed E-state index contributed by atoms with van der Waals surface area (Å²) in [5.74, 6) is -0.593. The van der Waals surface area contributed by atoms with E-state index in [1.165, 1.54) is 16.3 Å². The van der Waals surface area contributed by atoms with Crippen molar-refractivity contribution in [3.05, 3.63) is 35.9 Å². The molecular weight excluding hydrogens is 444 g/mol. The normalized spacial score (nSPS) is 21.1. The van der Waals surface area contributed by atoms with Gasteiger partial charge in [0.1, 0.15) is 0 Å². The first-order valence-electron chi connectivity index (χ1n) is 11.1. The third-order valence-corrected chi connectivity index (χ3v) is 7.85. The number of likely N-dealkylation sites (N-methyl/N-ethyl adjacent to an activating group) is 2. The van der Waals surface area contributed by atoms with Crippen molar-refractivity contribution >= 4 is 33.5 Å². The number of urea groups is 1. The maximum absolute atomic E-state index is 14.1. The molecule has 1 saturated heterocycles. The van der Waals surface area contributed by atoms with Crippen LogP contribution in [0.25, 0.3) is 0 Å². The van der Waals surface area contributed by atoms with E-state index in [9.17, 15) is 18.0 Å². The summed E-state index contributed by atoms with van der Waals surface area (Å²) in [7, 11) is 0.796. The maximum Gasteiger partial charge on any atom is 0.330 e. The van der Waals surface area contributed by atoms with Crippen LogP contribution in [-0.4, -0.2) is 103 Å². The third kappa shape index (κ3) is 4.20. The lowest BCUT2D eigenvalue weighted by atomic mass is 10.1. The van der Waals surface area contributed by atoms with Gasteiger partial charge in [0.05, 0.1) is 0 Å². The van der Waals surface area contributed by atoms with E-state index in [0.29, 0.717) is 24.9 Å². The number of carbonyl (C=O) groups excluding carboxylic acids is 2. The summed E-state index contributed by atoms with van der Waals surface area (Å²) in [6, 6.07) is 8.22. The van der Waals surface area contributed by atoms with E-state index in [2.05, 4.69) is 9.98 Å². The Labute approximate surface area is 195 Å². The quantitative estimate of drug-likeness (QED) is 0.508. The number of sulfonamides is 1. The Balaban J connectivity index is 2.25. The lowest BCUT2D eigenvalue weighted by Gasteiger charge is -2.45. The lowest BCUT2D eigenvalue weighted by molar-refractivity contribution is -0.123. The Morgan fingerprint density at radius 3 is 2.18 bits per heavy atom. The van der Waals surface area contributed by atoms with Gasteiger partial charge in [-0.2, -0.15) is 4.31 Å². The summed E-state index contributed by atoms with van der Waals surface area (Å²) >= 11 is 0. The molecule has 0 radical (unpaired) electrons. The molecular formula is C22H32N6O4S. The topological polar surface area (TPSA) is 106 Å².